The second-order valence-corrected chi connectivity index (χ2v) is 4.96. The minimum Gasteiger partial charge on any atom is -0.440 e. The molecule has 17 heavy (non-hydrogen) atoms. The van der Waals surface area contributed by atoms with Crippen molar-refractivity contribution in [3.63, 3.8) is 0 Å². The van der Waals surface area contributed by atoms with E-state index in [1.807, 2.05) is 31.2 Å². The highest BCUT2D eigenvalue weighted by Crippen LogP contribution is 2.21. The molecule has 1 aromatic carbocycles. The molecule has 0 aliphatic carbocycles. The summed E-state index contributed by atoms with van der Waals surface area (Å²) in [5.41, 5.74) is 1.87. The maximum absolute atomic E-state index is 6.02. The lowest BCUT2D eigenvalue weighted by molar-refractivity contribution is 0.454. The summed E-state index contributed by atoms with van der Waals surface area (Å²) >= 11 is 7.61. The minimum atomic E-state index is 0.712. The highest BCUT2D eigenvalue weighted by molar-refractivity contribution is 7.99. The lowest BCUT2D eigenvalue weighted by Crippen LogP contribution is -2.04. The molecule has 90 valence electrons. The highest BCUT2D eigenvalue weighted by atomic mass is 35.5. The number of thioether (sulfide) groups is 1. The summed E-state index contributed by atoms with van der Waals surface area (Å²) in [6.07, 6.45) is 1.66. The van der Waals surface area contributed by atoms with E-state index in [2.05, 4.69) is 10.3 Å². The number of benzene rings is 1. The summed E-state index contributed by atoms with van der Waals surface area (Å²) in [7, 11) is 0. The quantitative estimate of drug-likeness (QED) is 0.660. The molecular weight excluding hydrogens is 256 g/mol. The molecule has 0 bridgehead atoms. The number of hydrogen-bond donors (Lipinski definition) is 1. The number of nitrogens with zero attached hydrogens (tertiary/aromatic N) is 1. The van der Waals surface area contributed by atoms with Gasteiger partial charge in [-0.1, -0.05) is 35.5 Å². The van der Waals surface area contributed by atoms with Gasteiger partial charge in [0, 0.05) is 12.3 Å². The Morgan fingerprint density at radius 2 is 2.24 bits per heavy atom. The number of aromatic nitrogens is 1. The fraction of sp³-hybridized carbons (Fsp3) is 0.250. The molecule has 0 atom stereocenters. The van der Waals surface area contributed by atoms with Crippen molar-refractivity contribution in [1.82, 2.24) is 4.98 Å². The van der Waals surface area contributed by atoms with Crippen LogP contribution in [0.5, 0.6) is 0 Å². The van der Waals surface area contributed by atoms with Gasteiger partial charge in [-0.3, -0.25) is 0 Å². The molecule has 1 N–H and O–H groups in total. The Kier molecular flexibility index (Phi) is 4.34. The Hall–Kier alpha value is -1.13. The van der Waals surface area contributed by atoms with Gasteiger partial charge in [-0.15, -0.1) is 0 Å². The van der Waals surface area contributed by atoms with Crippen LogP contribution in [0.15, 0.2) is 40.2 Å². The van der Waals surface area contributed by atoms with E-state index in [-0.39, 0.29) is 0 Å². The van der Waals surface area contributed by atoms with E-state index < -0.39 is 0 Å². The molecule has 0 radical (unpaired) electrons. The Bertz CT molecular complexity index is 487. The van der Waals surface area contributed by atoms with Gasteiger partial charge in [-0.25, -0.2) is 4.98 Å². The summed E-state index contributed by atoms with van der Waals surface area (Å²) in [5.74, 6) is 0.880. The molecule has 5 heteroatoms. The summed E-state index contributed by atoms with van der Waals surface area (Å²) in [4.78, 5) is 4.22. The molecule has 0 aliphatic rings. The Labute approximate surface area is 110 Å². The van der Waals surface area contributed by atoms with Crippen LogP contribution in [0.3, 0.4) is 0 Å². The smallest absolute Gasteiger partial charge is 0.255 e. The maximum atomic E-state index is 6.02. The lowest BCUT2D eigenvalue weighted by atomic mass is 10.3. The van der Waals surface area contributed by atoms with E-state index in [0.717, 1.165) is 28.7 Å². The zero-order valence-corrected chi connectivity index (χ0v) is 11.0. The zero-order chi connectivity index (χ0) is 12.1. The van der Waals surface area contributed by atoms with Crippen LogP contribution in [0.1, 0.15) is 5.69 Å². The van der Waals surface area contributed by atoms with Crippen LogP contribution < -0.4 is 5.32 Å². The van der Waals surface area contributed by atoms with E-state index in [1.165, 1.54) is 0 Å². The number of aryl methyl sites for hydroxylation is 1. The van der Waals surface area contributed by atoms with E-state index in [0.29, 0.717) is 5.22 Å². The van der Waals surface area contributed by atoms with Gasteiger partial charge in [0.05, 0.1) is 16.4 Å². The molecule has 0 aliphatic heterocycles. The number of nitrogens with one attached hydrogen (secondary N) is 1. The van der Waals surface area contributed by atoms with Crippen LogP contribution in [0.4, 0.5) is 5.69 Å². The maximum Gasteiger partial charge on any atom is 0.255 e. The molecule has 0 fully saturated rings. The van der Waals surface area contributed by atoms with Gasteiger partial charge in [0.2, 0.25) is 0 Å². The van der Waals surface area contributed by atoms with Crippen LogP contribution in [0, 0.1) is 6.92 Å². The molecule has 0 unspecified atom stereocenters. The molecular formula is C12H13ClN2OS. The van der Waals surface area contributed by atoms with E-state index in [1.54, 1.807) is 18.0 Å². The normalized spacial score (nSPS) is 10.5. The Balaban J connectivity index is 1.75. The number of para-hydroxylation sites is 1. The molecule has 0 saturated carbocycles. The topological polar surface area (TPSA) is 38.1 Å². The van der Waals surface area contributed by atoms with Crippen molar-refractivity contribution in [1.29, 1.82) is 0 Å². The van der Waals surface area contributed by atoms with Crippen molar-refractivity contribution in [2.24, 2.45) is 0 Å². The molecule has 2 rings (SSSR count). The highest BCUT2D eigenvalue weighted by Gasteiger charge is 2.01. The standard InChI is InChI=1S/C12H13ClN2OS/c1-9-8-16-12(15-9)17-7-6-14-11-5-3-2-4-10(11)13/h2-5,8,14H,6-7H2,1H3. The first kappa shape index (κ1) is 12.3. The van der Waals surface area contributed by atoms with Gasteiger partial charge >= 0.3 is 0 Å². The largest absolute Gasteiger partial charge is 0.440 e. The van der Waals surface area contributed by atoms with Crippen LogP contribution in [0.25, 0.3) is 0 Å². The first-order valence-electron chi connectivity index (χ1n) is 5.29. The SMILES string of the molecule is Cc1coc(SCCNc2ccccc2Cl)n1. The second kappa shape index (κ2) is 5.98. The van der Waals surface area contributed by atoms with Crippen LogP contribution in [0.2, 0.25) is 5.02 Å². The average molecular weight is 269 g/mol. The molecule has 1 heterocycles. The Morgan fingerprint density at radius 1 is 1.41 bits per heavy atom. The number of halogens is 1. The fourth-order valence-corrected chi connectivity index (χ4v) is 2.23. The number of hydrogen-bond acceptors (Lipinski definition) is 4. The van der Waals surface area contributed by atoms with Crippen molar-refractivity contribution in [3.8, 4) is 0 Å². The summed E-state index contributed by atoms with van der Waals surface area (Å²) in [6, 6.07) is 7.70. The van der Waals surface area contributed by atoms with Crippen molar-refractivity contribution in [2.45, 2.75) is 12.1 Å². The monoisotopic (exact) mass is 268 g/mol. The fourth-order valence-electron chi connectivity index (χ4n) is 1.33. The third-order valence-corrected chi connectivity index (χ3v) is 3.29. The van der Waals surface area contributed by atoms with Gasteiger partial charge in [0.15, 0.2) is 0 Å². The first-order valence-corrected chi connectivity index (χ1v) is 6.65. The van der Waals surface area contributed by atoms with Gasteiger partial charge in [-0.2, -0.15) is 0 Å². The van der Waals surface area contributed by atoms with Gasteiger partial charge in [0.25, 0.3) is 5.22 Å². The van der Waals surface area contributed by atoms with E-state index in [4.69, 9.17) is 16.0 Å². The molecule has 0 amide bonds. The van der Waals surface area contributed by atoms with E-state index >= 15 is 0 Å². The van der Waals surface area contributed by atoms with Gasteiger partial charge < -0.3 is 9.73 Å². The third-order valence-electron chi connectivity index (χ3n) is 2.11. The van der Waals surface area contributed by atoms with E-state index in [9.17, 15) is 0 Å². The van der Waals surface area contributed by atoms with Crippen molar-refractivity contribution >= 4 is 29.1 Å². The second-order valence-electron chi connectivity index (χ2n) is 3.51. The van der Waals surface area contributed by atoms with Crippen molar-refractivity contribution in [3.05, 3.63) is 41.2 Å². The number of oxazole rings is 1. The summed E-state index contributed by atoms with van der Waals surface area (Å²) < 4.78 is 5.24. The van der Waals surface area contributed by atoms with Gasteiger partial charge in [0.1, 0.15) is 6.26 Å². The van der Waals surface area contributed by atoms with Crippen molar-refractivity contribution in [2.75, 3.05) is 17.6 Å². The minimum absolute atomic E-state index is 0.712. The summed E-state index contributed by atoms with van der Waals surface area (Å²) in [5, 5.41) is 4.72. The predicted molar refractivity (Wildman–Crippen MR) is 71.9 cm³/mol. The summed E-state index contributed by atoms with van der Waals surface area (Å²) in [6.45, 7) is 2.73. The Morgan fingerprint density at radius 3 is 2.94 bits per heavy atom. The van der Waals surface area contributed by atoms with Crippen LogP contribution in [-0.4, -0.2) is 17.3 Å². The lowest BCUT2D eigenvalue weighted by Gasteiger charge is -2.06. The van der Waals surface area contributed by atoms with Gasteiger partial charge in [-0.05, 0) is 19.1 Å². The average Bonchev–Trinajstić information content (AvgIpc) is 2.73. The van der Waals surface area contributed by atoms with Crippen LogP contribution >= 0.6 is 23.4 Å². The number of anilines is 1. The molecule has 3 nitrogen and oxygen atoms in total. The molecule has 2 aromatic rings. The molecule has 0 spiro atoms. The zero-order valence-electron chi connectivity index (χ0n) is 9.44. The molecule has 1 aromatic heterocycles. The first-order chi connectivity index (χ1) is 8.25. The predicted octanol–water partition coefficient (Wildman–Crippen LogP) is 3.84. The molecule has 0 saturated heterocycles. The van der Waals surface area contributed by atoms with Crippen LogP contribution in [-0.2, 0) is 0 Å². The number of rotatable bonds is 5. The third kappa shape index (κ3) is 3.68. The van der Waals surface area contributed by atoms with Crippen molar-refractivity contribution < 1.29 is 4.42 Å².